The van der Waals surface area contributed by atoms with E-state index >= 15 is 0 Å². The fourth-order valence-corrected chi connectivity index (χ4v) is 3.97. The molecule has 0 atom stereocenters. The number of aryl methyl sites for hydroxylation is 1. The van der Waals surface area contributed by atoms with E-state index in [9.17, 15) is 19.5 Å². The zero-order valence-corrected chi connectivity index (χ0v) is 16.8. The summed E-state index contributed by atoms with van der Waals surface area (Å²) in [5.74, 6) is -1.58. The fourth-order valence-electron chi connectivity index (χ4n) is 3.97. The summed E-state index contributed by atoms with van der Waals surface area (Å²) in [6, 6.07) is 1.68. The summed E-state index contributed by atoms with van der Waals surface area (Å²) in [5.41, 5.74) is 0.513. The molecular formula is C21H32N2O4. The van der Waals surface area contributed by atoms with Gasteiger partial charge in [-0.15, -0.1) is 0 Å². The zero-order valence-electron chi connectivity index (χ0n) is 16.8. The lowest BCUT2D eigenvalue weighted by Crippen LogP contribution is -2.53. The van der Waals surface area contributed by atoms with Crippen LogP contribution >= 0.6 is 0 Å². The van der Waals surface area contributed by atoms with E-state index in [-0.39, 0.29) is 11.1 Å². The molecule has 0 aromatic carbocycles. The topological polar surface area (TPSA) is 88.4 Å². The van der Waals surface area contributed by atoms with Crippen molar-refractivity contribution in [2.24, 2.45) is 0 Å². The van der Waals surface area contributed by atoms with Crippen LogP contribution in [0.25, 0.3) is 0 Å². The van der Waals surface area contributed by atoms with Gasteiger partial charge in [0.15, 0.2) is 0 Å². The second kappa shape index (κ2) is 9.20. The largest absolute Gasteiger partial charge is 0.480 e. The Kier molecular flexibility index (Phi) is 7.22. The van der Waals surface area contributed by atoms with Crippen molar-refractivity contribution in [1.82, 2.24) is 9.88 Å². The van der Waals surface area contributed by atoms with Crippen LogP contribution in [0.4, 0.5) is 0 Å². The number of carbonyl (C=O) groups excluding carboxylic acids is 1. The van der Waals surface area contributed by atoms with Gasteiger partial charge in [-0.3, -0.25) is 9.59 Å². The van der Waals surface area contributed by atoms with Crippen LogP contribution < -0.4 is 10.9 Å². The standard InChI is InChI=1S/C21H32N2O4/c1-4-7-13-23-17(10-5-2)15(6-3)14-16(19(23)25)18(24)22-21(20(26)27)11-8-9-12-21/h14H,4-13H2,1-3H3,(H,22,24)(H,26,27). The average Bonchev–Trinajstić information content (AvgIpc) is 3.11. The Labute approximate surface area is 161 Å². The van der Waals surface area contributed by atoms with Gasteiger partial charge in [0.1, 0.15) is 11.1 Å². The predicted octanol–water partition coefficient (Wildman–Crippen LogP) is 3.29. The molecule has 2 N–H and O–H groups in total. The maximum absolute atomic E-state index is 13.1. The van der Waals surface area contributed by atoms with E-state index in [0.717, 1.165) is 56.2 Å². The number of amides is 1. The predicted molar refractivity (Wildman–Crippen MR) is 105 cm³/mol. The third-order valence-electron chi connectivity index (χ3n) is 5.56. The van der Waals surface area contributed by atoms with Crippen molar-refractivity contribution in [3.63, 3.8) is 0 Å². The fraction of sp³-hybridized carbons (Fsp3) is 0.667. The maximum Gasteiger partial charge on any atom is 0.329 e. The van der Waals surface area contributed by atoms with Gasteiger partial charge in [0.25, 0.3) is 11.5 Å². The van der Waals surface area contributed by atoms with E-state index in [0.29, 0.717) is 19.4 Å². The number of nitrogens with one attached hydrogen (secondary N) is 1. The van der Waals surface area contributed by atoms with Gasteiger partial charge in [0.05, 0.1) is 0 Å². The van der Waals surface area contributed by atoms with Crippen LogP contribution in [-0.2, 0) is 24.2 Å². The highest BCUT2D eigenvalue weighted by Crippen LogP contribution is 2.30. The van der Waals surface area contributed by atoms with Gasteiger partial charge < -0.3 is 15.0 Å². The lowest BCUT2D eigenvalue weighted by molar-refractivity contribution is -0.144. The molecular weight excluding hydrogens is 344 g/mol. The maximum atomic E-state index is 13.1. The monoisotopic (exact) mass is 376 g/mol. The molecule has 1 saturated carbocycles. The van der Waals surface area contributed by atoms with Crippen molar-refractivity contribution >= 4 is 11.9 Å². The minimum atomic E-state index is -1.24. The van der Waals surface area contributed by atoms with Gasteiger partial charge >= 0.3 is 5.97 Å². The number of nitrogens with zero attached hydrogens (tertiary/aromatic N) is 1. The second-order valence-electron chi connectivity index (χ2n) is 7.49. The van der Waals surface area contributed by atoms with Gasteiger partial charge in [-0.25, -0.2) is 4.79 Å². The first kappa shape index (κ1) is 21.2. The van der Waals surface area contributed by atoms with Crippen molar-refractivity contribution in [3.8, 4) is 0 Å². The second-order valence-corrected chi connectivity index (χ2v) is 7.49. The van der Waals surface area contributed by atoms with E-state index < -0.39 is 17.4 Å². The van der Waals surface area contributed by atoms with E-state index in [4.69, 9.17) is 0 Å². The highest BCUT2D eigenvalue weighted by Gasteiger charge is 2.43. The third-order valence-corrected chi connectivity index (χ3v) is 5.56. The number of carboxylic acid groups (broad SMARTS) is 1. The number of carboxylic acids is 1. The number of hydrogen-bond donors (Lipinski definition) is 2. The van der Waals surface area contributed by atoms with Crippen molar-refractivity contribution in [1.29, 1.82) is 0 Å². The Balaban J connectivity index is 2.47. The van der Waals surface area contributed by atoms with Crippen LogP contribution in [0.15, 0.2) is 10.9 Å². The number of unbranched alkanes of at least 4 members (excludes halogenated alkanes) is 1. The molecule has 1 aromatic rings. The lowest BCUT2D eigenvalue weighted by Gasteiger charge is -2.26. The number of aromatic nitrogens is 1. The van der Waals surface area contributed by atoms with E-state index in [2.05, 4.69) is 19.2 Å². The Morgan fingerprint density at radius 2 is 1.85 bits per heavy atom. The molecule has 2 rings (SSSR count). The Morgan fingerprint density at radius 3 is 2.37 bits per heavy atom. The summed E-state index contributed by atoms with van der Waals surface area (Å²) >= 11 is 0. The van der Waals surface area contributed by atoms with Crippen molar-refractivity contribution in [3.05, 3.63) is 33.2 Å². The number of aliphatic carboxylic acids is 1. The highest BCUT2D eigenvalue weighted by molar-refractivity contribution is 5.98. The van der Waals surface area contributed by atoms with Crippen LogP contribution in [-0.4, -0.2) is 27.1 Å². The van der Waals surface area contributed by atoms with E-state index in [1.807, 2.05) is 6.92 Å². The van der Waals surface area contributed by atoms with Gasteiger partial charge in [-0.2, -0.15) is 0 Å². The minimum absolute atomic E-state index is 0.0651. The van der Waals surface area contributed by atoms with E-state index in [1.54, 1.807) is 10.6 Å². The van der Waals surface area contributed by atoms with Crippen LogP contribution in [0.3, 0.4) is 0 Å². The molecule has 0 saturated heterocycles. The molecule has 150 valence electrons. The molecule has 6 heteroatoms. The summed E-state index contributed by atoms with van der Waals surface area (Å²) in [7, 11) is 0. The first-order valence-electron chi connectivity index (χ1n) is 10.2. The molecule has 1 aliphatic carbocycles. The van der Waals surface area contributed by atoms with Crippen LogP contribution in [0.2, 0.25) is 0 Å². The van der Waals surface area contributed by atoms with Gasteiger partial charge in [-0.1, -0.05) is 46.5 Å². The summed E-state index contributed by atoms with van der Waals surface area (Å²) in [5, 5.41) is 12.3. The summed E-state index contributed by atoms with van der Waals surface area (Å²) in [4.78, 5) is 37.7. The quantitative estimate of drug-likeness (QED) is 0.692. The van der Waals surface area contributed by atoms with Gasteiger partial charge in [0, 0.05) is 12.2 Å². The van der Waals surface area contributed by atoms with Crippen molar-refractivity contribution in [2.45, 2.75) is 90.6 Å². The summed E-state index contributed by atoms with van der Waals surface area (Å²) in [6.07, 6.45) is 6.62. The smallest absolute Gasteiger partial charge is 0.329 e. The van der Waals surface area contributed by atoms with Gasteiger partial charge in [0.2, 0.25) is 0 Å². The number of pyridine rings is 1. The lowest BCUT2D eigenvalue weighted by atomic mass is 9.96. The van der Waals surface area contributed by atoms with Crippen molar-refractivity contribution in [2.75, 3.05) is 0 Å². The zero-order chi connectivity index (χ0) is 20.0. The molecule has 1 heterocycles. The molecule has 0 bridgehead atoms. The highest BCUT2D eigenvalue weighted by atomic mass is 16.4. The Morgan fingerprint density at radius 1 is 1.19 bits per heavy atom. The molecule has 0 unspecified atom stereocenters. The van der Waals surface area contributed by atoms with Gasteiger partial charge in [-0.05, 0) is 43.7 Å². The van der Waals surface area contributed by atoms with Crippen molar-refractivity contribution < 1.29 is 14.7 Å². The first-order valence-corrected chi connectivity index (χ1v) is 10.2. The SMILES string of the molecule is CCCCn1c(CCC)c(CC)cc(C(=O)NC2(C(=O)O)CCCC2)c1=O. The summed E-state index contributed by atoms with van der Waals surface area (Å²) in [6.45, 7) is 6.74. The molecule has 1 aliphatic rings. The molecule has 27 heavy (non-hydrogen) atoms. The molecule has 1 fully saturated rings. The molecule has 0 radical (unpaired) electrons. The number of hydrogen-bond acceptors (Lipinski definition) is 3. The third kappa shape index (κ3) is 4.42. The summed E-state index contributed by atoms with van der Waals surface area (Å²) < 4.78 is 1.74. The average molecular weight is 376 g/mol. The molecule has 6 nitrogen and oxygen atoms in total. The Bertz CT molecular complexity index is 745. The normalized spacial score (nSPS) is 15.7. The van der Waals surface area contributed by atoms with Crippen LogP contribution in [0.5, 0.6) is 0 Å². The number of carbonyl (C=O) groups is 2. The molecule has 1 amide bonds. The molecule has 1 aromatic heterocycles. The minimum Gasteiger partial charge on any atom is -0.480 e. The van der Waals surface area contributed by atoms with Crippen LogP contribution in [0.1, 0.15) is 87.3 Å². The first-order chi connectivity index (χ1) is 12.9. The number of rotatable bonds is 9. The molecule has 0 spiro atoms. The van der Waals surface area contributed by atoms with Crippen LogP contribution in [0, 0.1) is 0 Å². The van der Waals surface area contributed by atoms with E-state index in [1.165, 1.54) is 0 Å². The Hall–Kier alpha value is -2.11. The molecule has 0 aliphatic heterocycles.